The van der Waals surface area contributed by atoms with Gasteiger partial charge in [0.1, 0.15) is 12.4 Å². The van der Waals surface area contributed by atoms with Crippen LogP contribution >= 0.6 is 0 Å². The van der Waals surface area contributed by atoms with Crippen LogP contribution < -0.4 is 4.74 Å². The van der Waals surface area contributed by atoms with E-state index in [2.05, 4.69) is 10.1 Å². The number of ether oxygens (including phenoxy) is 1. The molecule has 0 aliphatic heterocycles. The number of hydrogen-bond acceptors (Lipinski definition) is 5. The second kappa shape index (κ2) is 10.3. The van der Waals surface area contributed by atoms with E-state index < -0.39 is 18.1 Å². The van der Waals surface area contributed by atoms with Crippen molar-refractivity contribution in [1.29, 1.82) is 0 Å². The number of halogens is 3. The number of fused-ring (bicyclic) bond motifs is 1. The summed E-state index contributed by atoms with van der Waals surface area (Å²) >= 11 is 0. The molecule has 0 radical (unpaired) electrons. The van der Waals surface area contributed by atoms with Crippen molar-refractivity contribution in [2.24, 2.45) is 0 Å². The molecular weight excluding hydrogens is 447 g/mol. The Hall–Kier alpha value is -3.37. The molecule has 2 heterocycles. The number of imidazole rings is 1. The van der Waals surface area contributed by atoms with Crippen molar-refractivity contribution < 1.29 is 23.0 Å². The van der Waals surface area contributed by atoms with Gasteiger partial charge in [0.25, 0.3) is 0 Å². The van der Waals surface area contributed by atoms with E-state index >= 15 is 0 Å². The number of aliphatic hydroxyl groups is 1. The Morgan fingerprint density at radius 1 is 1.09 bits per heavy atom. The predicted molar refractivity (Wildman–Crippen MR) is 121 cm³/mol. The van der Waals surface area contributed by atoms with Gasteiger partial charge in [-0.25, -0.2) is 4.98 Å². The van der Waals surface area contributed by atoms with Crippen LogP contribution in [0.3, 0.4) is 0 Å². The fourth-order valence-corrected chi connectivity index (χ4v) is 3.86. The number of nitrogens with zero attached hydrogens (tertiary/aromatic N) is 5. The number of hydrogen-bond donors (Lipinski definition) is 1. The number of rotatable bonds is 10. The summed E-state index contributed by atoms with van der Waals surface area (Å²) < 4.78 is 49.0. The van der Waals surface area contributed by atoms with Crippen LogP contribution in [0.5, 0.6) is 5.75 Å². The minimum absolute atomic E-state index is 0.200. The molecule has 0 aliphatic rings. The molecule has 0 fully saturated rings. The summed E-state index contributed by atoms with van der Waals surface area (Å²) in [7, 11) is 1.81. The fourth-order valence-electron chi connectivity index (χ4n) is 3.86. The molecule has 0 saturated carbocycles. The second-order valence-corrected chi connectivity index (χ2v) is 8.14. The van der Waals surface area contributed by atoms with E-state index in [1.54, 1.807) is 29.1 Å². The van der Waals surface area contributed by atoms with Gasteiger partial charge in [-0.2, -0.15) is 18.3 Å². The van der Waals surface area contributed by atoms with Gasteiger partial charge in [0, 0.05) is 25.5 Å². The third kappa shape index (κ3) is 5.95. The Morgan fingerprint density at radius 3 is 2.56 bits per heavy atom. The fraction of sp³-hybridized carbons (Fsp3) is 0.333. The molecule has 0 spiro atoms. The van der Waals surface area contributed by atoms with E-state index in [4.69, 9.17) is 4.74 Å². The average molecular weight is 473 g/mol. The Morgan fingerprint density at radius 2 is 1.85 bits per heavy atom. The summed E-state index contributed by atoms with van der Waals surface area (Å²) in [6.07, 6.45) is -2.02. The van der Waals surface area contributed by atoms with Crippen molar-refractivity contribution in [2.45, 2.75) is 31.9 Å². The lowest BCUT2D eigenvalue weighted by atomic mass is 10.2. The summed E-state index contributed by atoms with van der Waals surface area (Å²) in [5.74, 6) is -0.260. The first-order valence-electron chi connectivity index (χ1n) is 10.9. The monoisotopic (exact) mass is 473 g/mol. The number of alkyl halides is 3. The predicted octanol–water partition coefficient (Wildman–Crippen LogP) is 3.82. The standard InChI is InChI=1S/C24H26F3N5O2/c1-30(15-18-7-9-20(10-8-18)34-14-13-31-12-4-11-28-31)16-19(33)17-32-22-6-3-2-5-21(22)29-23(32)24(25,26)27/h2-12,19,33H,13-17H2,1H3. The van der Waals surface area contributed by atoms with E-state index in [9.17, 15) is 18.3 Å². The molecule has 1 atom stereocenters. The first kappa shape index (κ1) is 23.8. The van der Waals surface area contributed by atoms with Crippen LogP contribution in [0.2, 0.25) is 0 Å². The van der Waals surface area contributed by atoms with Crippen molar-refractivity contribution in [1.82, 2.24) is 24.2 Å². The SMILES string of the molecule is CN(Cc1ccc(OCCn2cccn2)cc1)CC(O)Cn1c(C(F)(F)F)nc2ccccc21. The Balaban J connectivity index is 1.31. The second-order valence-electron chi connectivity index (χ2n) is 8.14. The molecule has 4 rings (SSSR count). The van der Waals surface area contributed by atoms with Crippen LogP contribution in [0.15, 0.2) is 67.0 Å². The highest BCUT2D eigenvalue weighted by Gasteiger charge is 2.38. The van der Waals surface area contributed by atoms with E-state index in [1.165, 1.54) is 6.07 Å². The van der Waals surface area contributed by atoms with Crippen molar-refractivity contribution in [3.8, 4) is 5.75 Å². The summed E-state index contributed by atoms with van der Waals surface area (Å²) in [4.78, 5) is 5.59. The largest absolute Gasteiger partial charge is 0.492 e. The highest BCUT2D eigenvalue weighted by Crippen LogP contribution is 2.31. The summed E-state index contributed by atoms with van der Waals surface area (Å²) in [5, 5.41) is 14.7. The molecule has 1 N–H and O–H groups in total. The van der Waals surface area contributed by atoms with Crippen molar-refractivity contribution >= 4 is 11.0 Å². The Bertz CT molecular complexity index is 1190. The minimum atomic E-state index is -4.60. The highest BCUT2D eigenvalue weighted by atomic mass is 19.4. The topological polar surface area (TPSA) is 68.3 Å². The number of aromatic nitrogens is 4. The van der Waals surface area contributed by atoms with Gasteiger partial charge in [-0.05, 0) is 42.9 Å². The zero-order chi connectivity index (χ0) is 24.1. The molecule has 0 aliphatic carbocycles. The summed E-state index contributed by atoms with van der Waals surface area (Å²) in [6, 6.07) is 15.9. The number of benzene rings is 2. The molecule has 7 nitrogen and oxygen atoms in total. The van der Waals surface area contributed by atoms with Crippen LogP contribution in [0, 0.1) is 0 Å². The summed E-state index contributed by atoms with van der Waals surface area (Å²) in [6.45, 7) is 1.67. The van der Waals surface area contributed by atoms with Crippen LogP contribution in [-0.2, 0) is 25.8 Å². The van der Waals surface area contributed by atoms with E-state index in [0.29, 0.717) is 25.2 Å². The zero-order valence-electron chi connectivity index (χ0n) is 18.7. The maximum atomic E-state index is 13.5. The first-order chi connectivity index (χ1) is 16.3. The van der Waals surface area contributed by atoms with Crippen molar-refractivity contribution in [3.63, 3.8) is 0 Å². The van der Waals surface area contributed by atoms with Crippen LogP contribution in [0.25, 0.3) is 11.0 Å². The molecule has 4 aromatic rings. The van der Waals surface area contributed by atoms with Gasteiger partial charge in [-0.3, -0.25) is 9.58 Å². The van der Waals surface area contributed by atoms with Crippen LogP contribution in [0.1, 0.15) is 11.4 Å². The maximum absolute atomic E-state index is 13.5. The third-order valence-corrected chi connectivity index (χ3v) is 5.35. The van der Waals surface area contributed by atoms with Gasteiger partial charge in [0.2, 0.25) is 5.82 Å². The lowest BCUT2D eigenvalue weighted by Gasteiger charge is -2.22. The van der Waals surface area contributed by atoms with Gasteiger partial charge in [0.05, 0.1) is 30.2 Å². The Labute approximate surface area is 195 Å². The molecule has 0 saturated heterocycles. The number of likely N-dealkylation sites (N-methyl/N-ethyl adjacent to an activating group) is 1. The van der Waals surface area contributed by atoms with Gasteiger partial charge < -0.3 is 14.4 Å². The molecule has 34 heavy (non-hydrogen) atoms. The third-order valence-electron chi connectivity index (χ3n) is 5.35. The average Bonchev–Trinajstić information content (AvgIpc) is 3.43. The van der Waals surface area contributed by atoms with Crippen molar-refractivity contribution in [2.75, 3.05) is 20.2 Å². The minimum Gasteiger partial charge on any atom is -0.492 e. The quantitative estimate of drug-likeness (QED) is 0.379. The molecule has 180 valence electrons. The molecule has 1 unspecified atom stereocenters. The molecule has 0 amide bonds. The first-order valence-corrected chi connectivity index (χ1v) is 10.9. The van der Waals surface area contributed by atoms with Crippen molar-refractivity contribution in [3.05, 3.63) is 78.4 Å². The molecule has 2 aromatic carbocycles. The number of para-hydroxylation sites is 2. The molecule has 2 aromatic heterocycles. The van der Waals surface area contributed by atoms with E-state index in [1.807, 2.05) is 48.5 Å². The van der Waals surface area contributed by atoms with Gasteiger partial charge in [-0.15, -0.1) is 0 Å². The molecule has 0 bridgehead atoms. The lowest BCUT2D eigenvalue weighted by Crippen LogP contribution is -2.32. The zero-order valence-corrected chi connectivity index (χ0v) is 18.7. The van der Waals surface area contributed by atoms with Crippen LogP contribution in [0.4, 0.5) is 13.2 Å². The maximum Gasteiger partial charge on any atom is 0.449 e. The lowest BCUT2D eigenvalue weighted by molar-refractivity contribution is -0.147. The molecule has 10 heteroatoms. The van der Waals surface area contributed by atoms with E-state index in [0.717, 1.165) is 15.9 Å². The van der Waals surface area contributed by atoms with Gasteiger partial charge in [-0.1, -0.05) is 24.3 Å². The Kier molecular flexibility index (Phi) is 7.18. The van der Waals surface area contributed by atoms with Gasteiger partial charge in [0.15, 0.2) is 0 Å². The normalized spacial score (nSPS) is 13.0. The highest BCUT2D eigenvalue weighted by molar-refractivity contribution is 5.76. The van der Waals surface area contributed by atoms with Gasteiger partial charge >= 0.3 is 6.18 Å². The number of aliphatic hydroxyl groups excluding tert-OH is 1. The summed E-state index contributed by atoms with van der Waals surface area (Å²) in [5.41, 5.74) is 1.60. The van der Waals surface area contributed by atoms with E-state index in [-0.39, 0.29) is 18.6 Å². The smallest absolute Gasteiger partial charge is 0.449 e. The molecular formula is C24H26F3N5O2. The van der Waals surface area contributed by atoms with Crippen LogP contribution in [-0.4, -0.2) is 55.6 Å².